The van der Waals surface area contributed by atoms with Crippen LogP contribution in [-0.4, -0.2) is 70.4 Å². The van der Waals surface area contributed by atoms with Crippen LogP contribution in [0.2, 0.25) is 0 Å². The van der Waals surface area contributed by atoms with Gasteiger partial charge in [0.1, 0.15) is 6.61 Å². The highest BCUT2D eigenvalue weighted by Gasteiger charge is 2.03. The van der Waals surface area contributed by atoms with Crippen LogP contribution >= 0.6 is 0 Å². The van der Waals surface area contributed by atoms with E-state index in [1.807, 2.05) is 0 Å². The van der Waals surface area contributed by atoms with Gasteiger partial charge in [-0.05, 0) is 0 Å². The zero-order valence-electron chi connectivity index (χ0n) is 10.2. The van der Waals surface area contributed by atoms with E-state index >= 15 is 0 Å². The predicted octanol–water partition coefficient (Wildman–Crippen LogP) is -1.90. The summed E-state index contributed by atoms with van der Waals surface area (Å²) in [6.45, 7) is 2.49. The van der Waals surface area contributed by atoms with Gasteiger partial charge in [-0.1, -0.05) is 0 Å². The first-order valence-electron chi connectivity index (χ1n) is 5.48. The smallest absolute Gasteiger partial charge is 0.243 e. The molecule has 0 aliphatic rings. The van der Waals surface area contributed by atoms with Gasteiger partial charge in [0.15, 0.2) is 0 Å². The van der Waals surface area contributed by atoms with Crippen molar-refractivity contribution in [1.29, 1.82) is 0 Å². The Hall–Kier alpha value is -0.730. The number of nitrogens with one attached hydrogen (secondary N) is 1. The number of hydrogen-bond donors (Lipinski definition) is 3. The van der Waals surface area contributed by atoms with Crippen LogP contribution in [-0.2, 0) is 19.0 Å². The molecule has 0 aromatic rings. The van der Waals surface area contributed by atoms with Gasteiger partial charge in [-0.15, -0.1) is 0 Å². The number of methoxy groups -OCH3 is 1. The number of amides is 1. The quantitative estimate of drug-likeness (QED) is 0.350. The van der Waals surface area contributed by atoms with Crippen LogP contribution in [0.4, 0.5) is 0 Å². The van der Waals surface area contributed by atoms with Gasteiger partial charge in [0.2, 0.25) is 5.91 Å². The lowest BCUT2D eigenvalue weighted by atomic mass is 10.4. The van der Waals surface area contributed by atoms with Crippen LogP contribution in [0, 0.1) is 0 Å². The molecule has 0 aliphatic heterocycles. The Balaban J connectivity index is 3.16. The maximum absolute atomic E-state index is 10.3. The van der Waals surface area contributed by atoms with Crippen molar-refractivity contribution in [2.75, 3.05) is 53.2 Å². The summed E-state index contributed by atoms with van der Waals surface area (Å²) in [6.07, 6.45) is -0.567. The van der Waals surface area contributed by atoms with Gasteiger partial charge >= 0.3 is 0 Å². The molecule has 0 aliphatic carbocycles. The molecule has 0 saturated heterocycles. The summed E-state index contributed by atoms with van der Waals surface area (Å²) in [4.78, 5) is 10.3. The van der Waals surface area contributed by atoms with Gasteiger partial charge in [-0.2, -0.15) is 0 Å². The molecule has 1 unspecified atom stereocenters. The minimum absolute atomic E-state index is 0.0790. The van der Waals surface area contributed by atoms with Gasteiger partial charge in [0.25, 0.3) is 0 Å². The Morgan fingerprint density at radius 3 is 2.76 bits per heavy atom. The summed E-state index contributed by atoms with van der Waals surface area (Å²) in [7, 11) is 1.59. The molecule has 0 bridgehead atoms. The number of rotatable bonds is 12. The fourth-order valence-corrected chi connectivity index (χ4v) is 1.01. The first-order valence-corrected chi connectivity index (χ1v) is 5.48. The average molecular weight is 250 g/mol. The highest BCUT2D eigenvalue weighted by atomic mass is 16.5. The molecule has 7 nitrogen and oxygen atoms in total. The molecule has 0 saturated carbocycles. The molecule has 0 spiro atoms. The predicted molar refractivity (Wildman–Crippen MR) is 61.6 cm³/mol. The van der Waals surface area contributed by atoms with E-state index in [1.165, 1.54) is 0 Å². The van der Waals surface area contributed by atoms with E-state index in [-0.39, 0.29) is 13.2 Å². The van der Waals surface area contributed by atoms with Crippen molar-refractivity contribution in [1.82, 2.24) is 5.32 Å². The number of primary amides is 1. The van der Waals surface area contributed by atoms with Crippen LogP contribution in [0.1, 0.15) is 0 Å². The molecule has 0 rings (SSSR count). The zero-order chi connectivity index (χ0) is 12.9. The minimum Gasteiger partial charge on any atom is -0.389 e. The summed E-state index contributed by atoms with van der Waals surface area (Å²) in [5, 5.41) is 12.4. The molecule has 4 N–H and O–H groups in total. The van der Waals surface area contributed by atoms with Crippen LogP contribution in [0.5, 0.6) is 0 Å². The van der Waals surface area contributed by atoms with Crippen molar-refractivity contribution in [3.05, 3.63) is 0 Å². The molecule has 0 fully saturated rings. The lowest BCUT2D eigenvalue weighted by Gasteiger charge is -2.12. The highest BCUT2D eigenvalue weighted by Crippen LogP contribution is 1.84. The van der Waals surface area contributed by atoms with E-state index in [2.05, 4.69) is 5.32 Å². The third-order valence-corrected chi connectivity index (χ3v) is 1.79. The third-order valence-electron chi connectivity index (χ3n) is 1.79. The number of hydrogen-bond acceptors (Lipinski definition) is 6. The van der Waals surface area contributed by atoms with Crippen LogP contribution in [0.3, 0.4) is 0 Å². The van der Waals surface area contributed by atoms with Crippen molar-refractivity contribution in [3.63, 3.8) is 0 Å². The molecular formula is C10H22N2O5. The van der Waals surface area contributed by atoms with E-state index in [4.69, 9.17) is 19.9 Å². The van der Waals surface area contributed by atoms with Crippen molar-refractivity contribution in [2.45, 2.75) is 6.10 Å². The standard InChI is InChI=1S/C10H22N2O5/c1-15-4-5-17-7-9(13)6-12-2-3-16-8-10(11)14/h9,12-13H,2-8H2,1H3,(H2,11,14). The second kappa shape index (κ2) is 11.7. The summed E-state index contributed by atoms with van der Waals surface area (Å²) in [5.74, 6) is -0.489. The van der Waals surface area contributed by atoms with Gasteiger partial charge in [0.05, 0.1) is 32.5 Å². The van der Waals surface area contributed by atoms with Gasteiger partial charge in [-0.25, -0.2) is 0 Å². The average Bonchev–Trinajstić information content (AvgIpc) is 2.29. The van der Waals surface area contributed by atoms with E-state index in [9.17, 15) is 9.90 Å². The normalized spacial score (nSPS) is 12.6. The Kier molecular flexibility index (Phi) is 11.2. The number of carbonyl (C=O) groups is 1. The second-order valence-electron chi connectivity index (χ2n) is 3.44. The third kappa shape index (κ3) is 13.2. The molecule has 0 aromatic heterocycles. The fraction of sp³-hybridized carbons (Fsp3) is 0.900. The Morgan fingerprint density at radius 2 is 2.12 bits per heavy atom. The maximum Gasteiger partial charge on any atom is 0.243 e. The van der Waals surface area contributed by atoms with E-state index in [1.54, 1.807) is 7.11 Å². The van der Waals surface area contributed by atoms with Crippen molar-refractivity contribution < 1.29 is 24.1 Å². The van der Waals surface area contributed by atoms with E-state index < -0.39 is 12.0 Å². The van der Waals surface area contributed by atoms with E-state index in [0.717, 1.165) is 0 Å². The molecule has 17 heavy (non-hydrogen) atoms. The van der Waals surface area contributed by atoms with Crippen LogP contribution in [0.15, 0.2) is 0 Å². The van der Waals surface area contributed by atoms with Crippen molar-refractivity contribution >= 4 is 5.91 Å². The maximum atomic E-state index is 10.3. The molecule has 0 radical (unpaired) electrons. The first kappa shape index (κ1) is 16.3. The Bertz CT molecular complexity index is 192. The summed E-state index contributed by atoms with van der Waals surface area (Å²) < 4.78 is 14.9. The molecule has 1 atom stereocenters. The molecule has 1 amide bonds. The number of carbonyl (C=O) groups excluding carboxylic acids is 1. The Morgan fingerprint density at radius 1 is 1.35 bits per heavy atom. The van der Waals surface area contributed by atoms with E-state index in [0.29, 0.717) is 32.9 Å². The van der Waals surface area contributed by atoms with Crippen molar-refractivity contribution in [3.8, 4) is 0 Å². The molecular weight excluding hydrogens is 228 g/mol. The zero-order valence-corrected chi connectivity index (χ0v) is 10.2. The molecule has 0 aromatic carbocycles. The fourth-order valence-electron chi connectivity index (χ4n) is 1.01. The lowest BCUT2D eigenvalue weighted by Crippen LogP contribution is -2.33. The number of ether oxygens (including phenoxy) is 3. The topological polar surface area (TPSA) is 103 Å². The molecule has 7 heteroatoms. The SMILES string of the molecule is COCCOCC(O)CNCCOCC(N)=O. The minimum atomic E-state index is -0.567. The van der Waals surface area contributed by atoms with Crippen LogP contribution < -0.4 is 11.1 Å². The summed E-state index contributed by atoms with van der Waals surface area (Å²) >= 11 is 0. The summed E-state index contributed by atoms with van der Waals surface area (Å²) in [6, 6.07) is 0. The second-order valence-corrected chi connectivity index (χ2v) is 3.44. The van der Waals surface area contributed by atoms with Crippen LogP contribution in [0.25, 0.3) is 0 Å². The van der Waals surface area contributed by atoms with Gasteiger partial charge in [0, 0.05) is 20.2 Å². The number of aliphatic hydroxyl groups is 1. The monoisotopic (exact) mass is 250 g/mol. The first-order chi connectivity index (χ1) is 8.16. The lowest BCUT2D eigenvalue weighted by molar-refractivity contribution is -0.122. The number of nitrogens with two attached hydrogens (primary N) is 1. The molecule has 102 valence electrons. The molecule has 0 heterocycles. The highest BCUT2D eigenvalue weighted by molar-refractivity contribution is 5.74. The van der Waals surface area contributed by atoms with Crippen molar-refractivity contribution in [2.24, 2.45) is 5.73 Å². The largest absolute Gasteiger partial charge is 0.389 e. The number of aliphatic hydroxyl groups excluding tert-OH is 1. The Labute approximate surface area is 101 Å². The van der Waals surface area contributed by atoms with Gasteiger partial charge < -0.3 is 30.4 Å². The summed E-state index contributed by atoms with van der Waals surface area (Å²) in [5.41, 5.74) is 4.88. The van der Waals surface area contributed by atoms with Gasteiger partial charge in [-0.3, -0.25) is 4.79 Å².